The molecule has 7 heteroatoms. The first-order valence-electron chi connectivity index (χ1n) is 7.67. The zero-order valence-corrected chi connectivity index (χ0v) is 13.7. The minimum absolute atomic E-state index is 0.156. The monoisotopic (exact) mass is 357 g/mol. The molecule has 2 aromatic carbocycles. The highest BCUT2D eigenvalue weighted by Crippen LogP contribution is 2.33. The molecule has 0 aliphatic carbocycles. The van der Waals surface area contributed by atoms with Gasteiger partial charge in [-0.25, -0.2) is 4.79 Å². The molecule has 4 rings (SSSR count). The van der Waals surface area contributed by atoms with Crippen molar-refractivity contribution in [3.05, 3.63) is 63.7 Å². The third-order valence-corrected chi connectivity index (χ3v) is 4.33. The van der Waals surface area contributed by atoms with E-state index < -0.39 is 17.8 Å². The fourth-order valence-corrected chi connectivity index (χ4v) is 3.28. The number of nitrogens with zero attached hydrogens (tertiary/aromatic N) is 1. The standard InChI is InChI=1S/C18H12ClNO5/c19-12-7-10-5-6-24-16(10)11(8-12)9-15(21)25-20-17(22)13-3-1-2-4-14(13)18(20)23/h1-4,7-8H,5-6,9H2. The molecule has 0 aromatic heterocycles. The molecule has 0 fully saturated rings. The Morgan fingerprint density at radius 2 is 1.84 bits per heavy atom. The largest absolute Gasteiger partial charge is 0.493 e. The Morgan fingerprint density at radius 1 is 1.16 bits per heavy atom. The van der Waals surface area contributed by atoms with Gasteiger partial charge in [0.25, 0.3) is 11.8 Å². The topological polar surface area (TPSA) is 72.9 Å². The van der Waals surface area contributed by atoms with Crippen LogP contribution < -0.4 is 4.74 Å². The zero-order valence-electron chi connectivity index (χ0n) is 13.0. The van der Waals surface area contributed by atoms with Gasteiger partial charge in [0, 0.05) is 17.0 Å². The Bertz CT molecular complexity index is 889. The first-order chi connectivity index (χ1) is 12.0. The van der Waals surface area contributed by atoms with Crippen molar-refractivity contribution in [2.45, 2.75) is 12.8 Å². The van der Waals surface area contributed by atoms with Crippen molar-refractivity contribution in [1.29, 1.82) is 0 Å². The molecule has 2 heterocycles. The number of carbonyl (C=O) groups is 3. The number of rotatable bonds is 3. The van der Waals surface area contributed by atoms with Crippen LogP contribution >= 0.6 is 11.6 Å². The van der Waals surface area contributed by atoms with Gasteiger partial charge in [-0.2, -0.15) is 0 Å². The normalized spacial score (nSPS) is 15.0. The Kier molecular flexibility index (Phi) is 3.69. The number of hydrogen-bond acceptors (Lipinski definition) is 5. The van der Waals surface area contributed by atoms with Crippen molar-refractivity contribution in [1.82, 2.24) is 5.06 Å². The van der Waals surface area contributed by atoms with E-state index in [-0.39, 0.29) is 17.5 Å². The number of hydrogen-bond donors (Lipinski definition) is 0. The average molecular weight is 358 g/mol. The van der Waals surface area contributed by atoms with Crippen molar-refractivity contribution in [2.75, 3.05) is 6.61 Å². The van der Waals surface area contributed by atoms with Crippen molar-refractivity contribution in [3.63, 3.8) is 0 Å². The molecule has 0 bridgehead atoms. The van der Waals surface area contributed by atoms with E-state index in [1.165, 1.54) is 12.1 Å². The highest BCUT2D eigenvalue weighted by Gasteiger charge is 2.38. The number of fused-ring (bicyclic) bond motifs is 2. The number of benzene rings is 2. The first-order valence-corrected chi connectivity index (χ1v) is 8.05. The van der Waals surface area contributed by atoms with E-state index in [0.29, 0.717) is 28.0 Å². The Labute approximate surface area is 147 Å². The van der Waals surface area contributed by atoms with Crippen LogP contribution in [-0.4, -0.2) is 29.5 Å². The molecule has 0 N–H and O–H groups in total. The molecule has 0 saturated carbocycles. The van der Waals surface area contributed by atoms with Gasteiger partial charge in [-0.1, -0.05) is 28.8 Å². The zero-order chi connectivity index (χ0) is 17.6. The minimum Gasteiger partial charge on any atom is -0.493 e. The molecule has 2 amide bonds. The van der Waals surface area contributed by atoms with Gasteiger partial charge in [0.1, 0.15) is 5.75 Å². The lowest BCUT2D eigenvalue weighted by molar-refractivity contribution is -0.167. The summed E-state index contributed by atoms with van der Waals surface area (Å²) in [6.45, 7) is 0.524. The summed E-state index contributed by atoms with van der Waals surface area (Å²) in [5.74, 6) is -1.43. The van der Waals surface area contributed by atoms with Gasteiger partial charge in [-0.05, 0) is 29.8 Å². The van der Waals surface area contributed by atoms with Crippen LogP contribution in [0.4, 0.5) is 0 Å². The molecule has 2 aliphatic rings. The Balaban J connectivity index is 1.53. The van der Waals surface area contributed by atoms with Crippen LogP contribution in [0.15, 0.2) is 36.4 Å². The van der Waals surface area contributed by atoms with Crippen LogP contribution in [0.3, 0.4) is 0 Å². The lowest BCUT2D eigenvalue weighted by Crippen LogP contribution is -2.33. The van der Waals surface area contributed by atoms with Gasteiger partial charge < -0.3 is 9.57 Å². The number of hydroxylamine groups is 2. The molecule has 0 radical (unpaired) electrons. The SMILES string of the molecule is O=C(Cc1cc(Cl)cc2c1OCC2)ON1C(=O)c2ccccc2C1=O. The third-order valence-electron chi connectivity index (χ3n) is 4.11. The molecule has 126 valence electrons. The highest BCUT2D eigenvalue weighted by molar-refractivity contribution is 6.30. The van der Waals surface area contributed by atoms with Gasteiger partial charge >= 0.3 is 5.97 Å². The van der Waals surface area contributed by atoms with E-state index in [1.807, 2.05) is 0 Å². The molecule has 0 spiro atoms. The maximum atomic E-state index is 12.3. The van der Waals surface area contributed by atoms with Crippen molar-refractivity contribution in [3.8, 4) is 5.75 Å². The van der Waals surface area contributed by atoms with Gasteiger partial charge in [0.2, 0.25) is 0 Å². The fourth-order valence-electron chi connectivity index (χ4n) is 3.02. The number of amides is 2. The van der Waals surface area contributed by atoms with Gasteiger partial charge in [-0.3, -0.25) is 9.59 Å². The second kappa shape index (κ2) is 5.89. The summed E-state index contributed by atoms with van der Waals surface area (Å²) in [7, 11) is 0. The van der Waals surface area contributed by atoms with Crippen molar-refractivity contribution < 1.29 is 24.0 Å². The van der Waals surface area contributed by atoms with E-state index in [2.05, 4.69) is 0 Å². The average Bonchev–Trinajstić information content (AvgIpc) is 3.14. The molecular formula is C18H12ClNO5. The van der Waals surface area contributed by atoms with E-state index in [1.54, 1.807) is 24.3 Å². The lowest BCUT2D eigenvalue weighted by Gasteiger charge is -2.14. The van der Waals surface area contributed by atoms with E-state index >= 15 is 0 Å². The minimum atomic E-state index is -0.741. The predicted molar refractivity (Wildman–Crippen MR) is 87.4 cm³/mol. The molecule has 25 heavy (non-hydrogen) atoms. The first kappa shape index (κ1) is 15.7. The fraction of sp³-hybridized carbons (Fsp3) is 0.167. The summed E-state index contributed by atoms with van der Waals surface area (Å²) in [6.07, 6.45) is 0.562. The van der Waals surface area contributed by atoms with Crippen LogP contribution in [0, 0.1) is 0 Å². The summed E-state index contributed by atoms with van der Waals surface area (Å²) < 4.78 is 5.53. The quantitative estimate of drug-likeness (QED) is 0.789. The lowest BCUT2D eigenvalue weighted by atomic mass is 10.1. The third kappa shape index (κ3) is 2.64. The molecule has 2 aliphatic heterocycles. The van der Waals surface area contributed by atoms with Crippen LogP contribution in [0.25, 0.3) is 0 Å². The van der Waals surface area contributed by atoms with Gasteiger partial charge in [0.15, 0.2) is 0 Å². The summed E-state index contributed by atoms with van der Waals surface area (Å²) in [5.41, 5.74) is 1.93. The number of ether oxygens (including phenoxy) is 1. The van der Waals surface area contributed by atoms with E-state index in [9.17, 15) is 14.4 Å². The van der Waals surface area contributed by atoms with Crippen molar-refractivity contribution in [2.24, 2.45) is 0 Å². The second-order valence-electron chi connectivity index (χ2n) is 5.74. The maximum Gasteiger partial charge on any atom is 0.337 e. The second-order valence-corrected chi connectivity index (χ2v) is 6.18. The molecule has 0 unspecified atom stereocenters. The number of carbonyl (C=O) groups excluding carboxylic acids is 3. The Hall–Kier alpha value is -2.86. The van der Waals surface area contributed by atoms with Crippen LogP contribution in [0.2, 0.25) is 5.02 Å². The van der Waals surface area contributed by atoms with Crippen molar-refractivity contribution >= 4 is 29.4 Å². The summed E-state index contributed by atoms with van der Waals surface area (Å²) in [5, 5.41) is 0.992. The smallest absolute Gasteiger partial charge is 0.337 e. The number of halogens is 1. The van der Waals surface area contributed by atoms with Crippen LogP contribution in [-0.2, 0) is 22.5 Å². The van der Waals surface area contributed by atoms with E-state index in [4.69, 9.17) is 21.2 Å². The molecular weight excluding hydrogens is 346 g/mol. The molecule has 6 nitrogen and oxygen atoms in total. The van der Waals surface area contributed by atoms with Crippen LogP contribution in [0.1, 0.15) is 31.8 Å². The van der Waals surface area contributed by atoms with Gasteiger partial charge in [-0.15, -0.1) is 0 Å². The van der Waals surface area contributed by atoms with E-state index in [0.717, 1.165) is 12.0 Å². The summed E-state index contributed by atoms with van der Waals surface area (Å²) in [4.78, 5) is 41.7. The molecule has 0 saturated heterocycles. The van der Waals surface area contributed by atoms with Crippen LogP contribution in [0.5, 0.6) is 5.75 Å². The Morgan fingerprint density at radius 3 is 2.52 bits per heavy atom. The summed E-state index contributed by atoms with van der Waals surface area (Å²) >= 11 is 6.06. The summed E-state index contributed by atoms with van der Waals surface area (Å²) in [6, 6.07) is 9.73. The number of imide groups is 1. The van der Waals surface area contributed by atoms with Gasteiger partial charge in [0.05, 0.1) is 24.2 Å². The predicted octanol–water partition coefficient (Wildman–Crippen LogP) is 2.57. The highest BCUT2D eigenvalue weighted by atomic mass is 35.5. The molecule has 2 aromatic rings. The molecule has 0 atom stereocenters. The maximum absolute atomic E-state index is 12.3.